The first-order valence-corrected chi connectivity index (χ1v) is 6.32. The lowest BCUT2D eigenvalue weighted by Gasteiger charge is -2.09. The number of rotatable bonds is 5. The molecule has 0 amide bonds. The van der Waals surface area contributed by atoms with E-state index in [2.05, 4.69) is 35.2 Å². The quantitative estimate of drug-likeness (QED) is 0.836. The summed E-state index contributed by atoms with van der Waals surface area (Å²) in [5.41, 5.74) is 1.29. The lowest BCUT2D eigenvalue weighted by Crippen LogP contribution is -2.19. The van der Waals surface area contributed by atoms with Crippen molar-refractivity contribution in [1.82, 2.24) is 15.3 Å². The van der Waals surface area contributed by atoms with Crippen LogP contribution in [0.25, 0.3) is 0 Å². The Kier molecular flexibility index (Phi) is 3.74. The third-order valence-electron chi connectivity index (χ3n) is 2.50. The molecule has 0 aliphatic rings. The number of aromatic nitrogens is 2. The van der Waals surface area contributed by atoms with Gasteiger partial charge in [-0.25, -0.2) is 4.98 Å². The maximum Gasteiger partial charge on any atom is 0.0968 e. The van der Waals surface area contributed by atoms with Crippen molar-refractivity contribution in [2.24, 2.45) is 0 Å². The Labute approximate surface area is 99.9 Å². The van der Waals surface area contributed by atoms with E-state index in [1.165, 1.54) is 15.4 Å². The summed E-state index contributed by atoms with van der Waals surface area (Å²) in [6, 6.07) is 2.09. The molecule has 86 valence electrons. The van der Waals surface area contributed by atoms with E-state index >= 15 is 0 Å². The molecule has 3 nitrogen and oxygen atoms in total. The Bertz CT molecular complexity index is 419. The molecule has 0 aliphatic heterocycles. The summed E-state index contributed by atoms with van der Waals surface area (Å²) >= 11 is 1.79. The summed E-state index contributed by atoms with van der Waals surface area (Å²) in [5.74, 6) is 0.484. The van der Waals surface area contributed by atoms with Gasteiger partial charge in [-0.1, -0.05) is 6.92 Å². The highest BCUT2D eigenvalue weighted by molar-refractivity contribution is 7.11. The molecule has 0 bridgehead atoms. The molecule has 0 saturated heterocycles. The molecule has 0 radical (unpaired) electrons. The molecule has 2 N–H and O–H groups in total. The third-order valence-corrected chi connectivity index (χ3v) is 3.65. The van der Waals surface area contributed by atoms with Crippen molar-refractivity contribution in [3.8, 4) is 0 Å². The summed E-state index contributed by atoms with van der Waals surface area (Å²) in [6.07, 6.45) is 5.92. The van der Waals surface area contributed by atoms with E-state index in [9.17, 15) is 0 Å². The number of H-pyrrole nitrogens is 1. The van der Waals surface area contributed by atoms with Crippen LogP contribution >= 0.6 is 11.3 Å². The zero-order valence-electron chi connectivity index (χ0n) is 9.66. The lowest BCUT2D eigenvalue weighted by molar-refractivity contribution is 0.613. The summed E-state index contributed by atoms with van der Waals surface area (Å²) in [5, 5.41) is 4.66. The number of nitrogens with zero attached hydrogens (tertiary/aromatic N) is 1. The molecular weight excluding hydrogens is 218 g/mol. The van der Waals surface area contributed by atoms with Gasteiger partial charge in [-0.05, 0) is 18.6 Å². The number of hydrogen-bond acceptors (Lipinski definition) is 3. The van der Waals surface area contributed by atoms with E-state index in [0.29, 0.717) is 5.92 Å². The van der Waals surface area contributed by atoms with Crippen LogP contribution in [0.5, 0.6) is 0 Å². The van der Waals surface area contributed by atoms with Gasteiger partial charge in [-0.3, -0.25) is 0 Å². The molecule has 1 atom stereocenters. The van der Waals surface area contributed by atoms with Crippen LogP contribution in [0, 0.1) is 6.92 Å². The van der Waals surface area contributed by atoms with Gasteiger partial charge in [0.05, 0.1) is 5.01 Å². The molecule has 0 saturated carbocycles. The largest absolute Gasteiger partial charge is 0.367 e. The van der Waals surface area contributed by atoms with Gasteiger partial charge in [-0.2, -0.15) is 0 Å². The first-order valence-electron chi connectivity index (χ1n) is 5.50. The SMILES string of the molecule is Cc1cnc(C(C)CNCc2cc[nH]c2)s1. The molecule has 2 aromatic heterocycles. The molecule has 0 spiro atoms. The monoisotopic (exact) mass is 235 g/mol. The Morgan fingerprint density at radius 1 is 1.56 bits per heavy atom. The summed E-state index contributed by atoms with van der Waals surface area (Å²) in [4.78, 5) is 8.74. The zero-order valence-corrected chi connectivity index (χ0v) is 10.5. The molecule has 0 aliphatic carbocycles. The highest BCUT2D eigenvalue weighted by Gasteiger charge is 2.08. The first kappa shape index (κ1) is 11.4. The minimum Gasteiger partial charge on any atom is -0.367 e. The van der Waals surface area contributed by atoms with Gasteiger partial charge in [-0.15, -0.1) is 11.3 Å². The van der Waals surface area contributed by atoms with Gasteiger partial charge in [0.2, 0.25) is 0 Å². The van der Waals surface area contributed by atoms with Crippen molar-refractivity contribution in [1.29, 1.82) is 0 Å². The molecule has 0 fully saturated rings. The fourth-order valence-corrected chi connectivity index (χ4v) is 2.41. The second-order valence-electron chi connectivity index (χ2n) is 4.06. The van der Waals surface area contributed by atoms with Gasteiger partial charge >= 0.3 is 0 Å². The minimum absolute atomic E-state index is 0.484. The molecule has 16 heavy (non-hydrogen) atoms. The van der Waals surface area contributed by atoms with Crippen molar-refractivity contribution in [3.05, 3.63) is 40.1 Å². The highest BCUT2D eigenvalue weighted by atomic mass is 32.1. The third kappa shape index (κ3) is 2.93. The van der Waals surface area contributed by atoms with E-state index in [-0.39, 0.29) is 0 Å². The van der Waals surface area contributed by atoms with Crippen molar-refractivity contribution in [2.75, 3.05) is 6.54 Å². The van der Waals surface area contributed by atoms with E-state index in [4.69, 9.17) is 0 Å². The van der Waals surface area contributed by atoms with E-state index in [1.54, 1.807) is 11.3 Å². The lowest BCUT2D eigenvalue weighted by atomic mass is 10.2. The van der Waals surface area contributed by atoms with Crippen molar-refractivity contribution < 1.29 is 0 Å². The molecule has 2 rings (SSSR count). The maximum absolute atomic E-state index is 4.40. The van der Waals surface area contributed by atoms with E-state index < -0.39 is 0 Å². The minimum atomic E-state index is 0.484. The van der Waals surface area contributed by atoms with Crippen LogP contribution in [0.15, 0.2) is 24.7 Å². The van der Waals surface area contributed by atoms with Crippen molar-refractivity contribution in [3.63, 3.8) is 0 Å². The number of thiazole rings is 1. The average Bonchev–Trinajstić information content (AvgIpc) is 2.89. The Morgan fingerprint density at radius 3 is 3.06 bits per heavy atom. The van der Waals surface area contributed by atoms with Crippen LogP contribution in [0.1, 0.15) is 28.3 Å². The normalized spacial score (nSPS) is 12.9. The van der Waals surface area contributed by atoms with Gasteiger partial charge in [0.1, 0.15) is 0 Å². The average molecular weight is 235 g/mol. The highest BCUT2D eigenvalue weighted by Crippen LogP contribution is 2.20. The molecule has 4 heteroatoms. The van der Waals surface area contributed by atoms with Gasteiger partial charge in [0.15, 0.2) is 0 Å². The molecular formula is C12H17N3S. The molecule has 2 heterocycles. The summed E-state index contributed by atoms with van der Waals surface area (Å²) in [6.45, 7) is 6.19. The summed E-state index contributed by atoms with van der Waals surface area (Å²) < 4.78 is 0. The van der Waals surface area contributed by atoms with Crippen molar-refractivity contribution >= 4 is 11.3 Å². The molecule has 2 aromatic rings. The summed E-state index contributed by atoms with van der Waals surface area (Å²) in [7, 11) is 0. The second-order valence-corrected chi connectivity index (χ2v) is 5.33. The number of hydrogen-bond donors (Lipinski definition) is 2. The van der Waals surface area contributed by atoms with Crippen LogP contribution in [0.2, 0.25) is 0 Å². The fourth-order valence-electron chi connectivity index (χ4n) is 1.59. The van der Waals surface area contributed by atoms with Gasteiger partial charge < -0.3 is 10.3 Å². The van der Waals surface area contributed by atoms with E-state index in [0.717, 1.165) is 13.1 Å². The molecule has 0 aromatic carbocycles. The van der Waals surface area contributed by atoms with E-state index in [1.807, 2.05) is 18.6 Å². The fraction of sp³-hybridized carbons (Fsp3) is 0.417. The predicted octanol–water partition coefficient (Wildman–Crippen LogP) is 2.67. The Morgan fingerprint density at radius 2 is 2.44 bits per heavy atom. The predicted molar refractivity (Wildman–Crippen MR) is 67.8 cm³/mol. The topological polar surface area (TPSA) is 40.7 Å². The standard InChI is InChI=1S/C12H17N3S/c1-9(12-15-6-10(2)16-12)5-14-8-11-3-4-13-7-11/h3-4,6-7,9,13-14H,5,8H2,1-2H3. The number of aromatic amines is 1. The first-order chi connectivity index (χ1) is 7.75. The Balaban J connectivity index is 1.78. The smallest absolute Gasteiger partial charge is 0.0968 e. The molecule has 1 unspecified atom stereocenters. The second kappa shape index (κ2) is 5.27. The van der Waals surface area contributed by atoms with Crippen LogP contribution < -0.4 is 5.32 Å². The number of nitrogens with one attached hydrogen (secondary N) is 2. The van der Waals surface area contributed by atoms with Crippen molar-refractivity contribution in [2.45, 2.75) is 26.3 Å². The maximum atomic E-state index is 4.40. The van der Waals surface area contributed by atoms with Crippen LogP contribution in [0.4, 0.5) is 0 Å². The van der Waals surface area contributed by atoms with Crippen LogP contribution in [0.3, 0.4) is 0 Å². The van der Waals surface area contributed by atoms with Crippen LogP contribution in [-0.4, -0.2) is 16.5 Å². The zero-order chi connectivity index (χ0) is 11.4. The Hall–Kier alpha value is -1.13. The van der Waals surface area contributed by atoms with Gasteiger partial charge in [0, 0.05) is 42.5 Å². The van der Waals surface area contributed by atoms with Crippen LogP contribution in [-0.2, 0) is 6.54 Å². The number of aryl methyl sites for hydroxylation is 1. The van der Waals surface area contributed by atoms with Gasteiger partial charge in [0.25, 0.3) is 0 Å².